The first-order valence-corrected chi connectivity index (χ1v) is 16.1. The average molecular weight is 697 g/mol. The Bertz CT molecular complexity index is 1380. The molecule has 0 saturated carbocycles. The van der Waals surface area contributed by atoms with Gasteiger partial charge in [-0.25, -0.2) is 5.57 Å². The van der Waals surface area contributed by atoms with E-state index in [1.807, 2.05) is 3.71 Å². The maximum Gasteiger partial charge on any atom is -1.00 e. The van der Waals surface area contributed by atoms with Gasteiger partial charge in [0.05, 0.1) is 0 Å². The van der Waals surface area contributed by atoms with Gasteiger partial charge in [-0.05, 0) is 28.4 Å². The number of hydrogen-bond acceptors (Lipinski definition) is 0. The van der Waals surface area contributed by atoms with Crippen LogP contribution in [-0.4, -0.2) is 3.71 Å². The van der Waals surface area contributed by atoms with Crippen LogP contribution in [0.4, 0.5) is 4.39 Å². The fourth-order valence-electron chi connectivity index (χ4n) is 5.24. The molecule has 0 fully saturated rings. The molecule has 1 unspecified atom stereocenters. The fourth-order valence-corrected chi connectivity index (χ4v) is 5.71. The van der Waals surface area contributed by atoms with Gasteiger partial charge in [0.25, 0.3) is 0 Å². The van der Waals surface area contributed by atoms with E-state index in [1.54, 1.807) is 12.1 Å². The van der Waals surface area contributed by atoms with Gasteiger partial charge in [-0.15, -0.1) is 11.1 Å². The molecule has 0 saturated heterocycles. The van der Waals surface area contributed by atoms with Crippen LogP contribution in [0.25, 0.3) is 11.1 Å². The minimum Gasteiger partial charge on any atom is -1.00 e. The summed E-state index contributed by atoms with van der Waals surface area (Å²) in [4.78, 5) is 0. The van der Waals surface area contributed by atoms with E-state index in [2.05, 4.69) is 125 Å². The predicted octanol–water partition coefficient (Wildman–Crippen LogP) is 4.54. The summed E-state index contributed by atoms with van der Waals surface area (Å²) < 4.78 is 14.2. The minimum atomic E-state index is -0.170. The van der Waals surface area contributed by atoms with Crippen LogP contribution < -0.4 is 24.8 Å². The van der Waals surface area contributed by atoms with Crippen molar-refractivity contribution in [1.82, 2.24) is 0 Å². The van der Waals surface area contributed by atoms with E-state index < -0.39 is 0 Å². The van der Waals surface area contributed by atoms with Crippen molar-refractivity contribution < 1.29 is 53.4 Å². The summed E-state index contributed by atoms with van der Waals surface area (Å²) in [5, 5.41) is 0. The summed E-state index contributed by atoms with van der Waals surface area (Å²) >= 11 is 1.34. The van der Waals surface area contributed by atoms with Crippen LogP contribution in [0.15, 0.2) is 71.8 Å². The van der Waals surface area contributed by atoms with Crippen molar-refractivity contribution in [2.45, 2.75) is 93.4 Å². The molecule has 2 aliphatic carbocycles. The molecular weight excluding hydrogens is 650 g/mol. The second-order valence-electron chi connectivity index (χ2n) is 14.4. The Morgan fingerprint density at radius 1 is 0.791 bits per heavy atom. The smallest absolute Gasteiger partial charge is 1.00 e. The predicted molar refractivity (Wildman–Crippen MR) is 172 cm³/mol. The molecule has 230 valence electrons. The SMILES string of the molecule is CC(C)(C)c1[c-]c2c(cc1)-c1ccc(C(C)(C)C)cc1C2.CC1=[C-]C(C)C=C1C(C)(C)C.Fc1ccc([CH]=[Zr+2])cc1.[Cl-].[Cl-]. The summed E-state index contributed by atoms with van der Waals surface area (Å²) in [5.74, 6) is 0.348. The zero-order chi connectivity index (χ0) is 30.8. The molecule has 43 heavy (non-hydrogen) atoms. The molecule has 0 amide bonds. The quantitative estimate of drug-likeness (QED) is 0.257. The summed E-state index contributed by atoms with van der Waals surface area (Å²) in [7, 11) is 0. The largest absolute Gasteiger partial charge is 1.00 e. The van der Waals surface area contributed by atoms with Gasteiger partial charge in [0.2, 0.25) is 0 Å². The molecule has 0 nitrogen and oxygen atoms in total. The summed E-state index contributed by atoms with van der Waals surface area (Å²) in [6.45, 7) is 24.7. The van der Waals surface area contributed by atoms with E-state index in [0.29, 0.717) is 11.3 Å². The molecule has 0 heterocycles. The Kier molecular flexibility index (Phi) is 14.3. The van der Waals surface area contributed by atoms with Gasteiger partial charge < -0.3 is 24.8 Å². The first-order chi connectivity index (χ1) is 18.9. The maximum atomic E-state index is 12.2. The molecule has 0 aliphatic heterocycles. The Balaban J connectivity index is 0.000000356. The second-order valence-corrected chi connectivity index (χ2v) is 15.1. The molecular formula is C39H47Cl2FZr-2. The number of halogens is 3. The van der Waals surface area contributed by atoms with Crippen molar-refractivity contribution in [2.24, 2.45) is 11.3 Å². The summed E-state index contributed by atoms with van der Waals surface area (Å²) in [6, 6.07) is 21.6. The van der Waals surface area contributed by atoms with Crippen LogP contribution in [0.5, 0.6) is 0 Å². The van der Waals surface area contributed by atoms with Gasteiger partial charge in [0.1, 0.15) is 0 Å². The molecule has 2 aliphatic rings. The van der Waals surface area contributed by atoms with Crippen LogP contribution in [-0.2, 0) is 41.5 Å². The minimum absolute atomic E-state index is 0. The Hall–Kier alpha value is -1.60. The van der Waals surface area contributed by atoms with Crippen LogP contribution in [0, 0.1) is 29.3 Å². The van der Waals surface area contributed by atoms with Crippen LogP contribution in [0.3, 0.4) is 0 Å². The van der Waals surface area contributed by atoms with E-state index >= 15 is 0 Å². The first kappa shape index (κ1) is 39.4. The number of rotatable bonds is 1. The summed E-state index contributed by atoms with van der Waals surface area (Å²) in [5.41, 5.74) is 12.9. The zero-order valence-corrected chi connectivity index (χ0v) is 31.7. The van der Waals surface area contributed by atoms with E-state index in [1.165, 1.54) is 80.9 Å². The van der Waals surface area contributed by atoms with Crippen molar-refractivity contribution in [2.75, 3.05) is 0 Å². The van der Waals surface area contributed by atoms with E-state index in [-0.39, 0.29) is 41.5 Å². The van der Waals surface area contributed by atoms with Crippen molar-refractivity contribution in [1.29, 1.82) is 0 Å². The molecule has 0 N–H and O–H groups in total. The Morgan fingerprint density at radius 3 is 1.81 bits per heavy atom. The van der Waals surface area contributed by atoms with Gasteiger partial charge in [0, 0.05) is 0 Å². The molecule has 0 spiro atoms. The molecule has 5 rings (SSSR count). The third-order valence-corrected chi connectivity index (χ3v) is 8.39. The molecule has 3 aromatic rings. The van der Waals surface area contributed by atoms with Gasteiger partial charge in [-0.1, -0.05) is 111 Å². The van der Waals surface area contributed by atoms with Crippen molar-refractivity contribution in [3.05, 3.63) is 118 Å². The standard InChI is InChI=1S/C21H25.C11H17.C7H5F.2ClH.Zr/c1-20(2,3)16-7-9-18-14(12-16)11-15-13-17(21(4,5)6)8-10-19(15)18;1-8-6-9(2)10(7-8)11(3,4)5;1-6-2-4-7(8)5-3-6;;;/h7-10,12H,11H2,1-6H3;7-8H,1-5H3;1-5H;2*1H;/q2*-1;;;;+2/p-2. The van der Waals surface area contributed by atoms with E-state index in [9.17, 15) is 4.39 Å². The Labute approximate surface area is 288 Å². The van der Waals surface area contributed by atoms with E-state index in [4.69, 9.17) is 0 Å². The van der Waals surface area contributed by atoms with Gasteiger partial charge in [-0.2, -0.15) is 35.4 Å². The van der Waals surface area contributed by atoms with Crippen molar-refractivity contribution >= 4 is 3.71 Å². The van der Waals surface area contributed by atoms with Crippen LogP contribution >= 0.6 is 0 Å². The van der Waals surface area contributed by atoms with Crippen molar-refractivity contribution in [3.63, 3.8) is 0 Å². The third-order valence-electron chi connectivity index (χ3n) is 7.57. The molecule has 0 bridgehead atoms. The summed E-state index contributed by atoms with van der Waals surface area (Å²) in [6.07, 6.45) is 6.74. The van der Waals surface area contributed by atoms with Crippen LogP contribution in [0.1, 0.15) is 104 Å². The van der Waals surface area contributed by atoms with E-state index in [0.717, 1.165) is 12.0 Å². The number of fused-ring (bicyclic) bond motifs is 3. The first-order valence-electron chi connectivity index (χ1n) is 14.7. The second kappa shape index (κ2) is 15.6. The third kappa shape index (κ3) is 10.8. The molecule has 3 aromatic carbocycles. The topological polar surface area (TPSA) is 0 Å². The Morgan fingerprint density at radius 2 is 1.37 bits per heavy atom. The number of hydrogen-bond donors (Lipinski definition) is 0. The van der Waals surface area contributed by atoms with Gasteiger partial charge in [-0.3, -0.25) is 6.08 Å². The van der Waals surface area contributed by atoms with Gasteiger partial charge >= 0.3 is 68.0 Å². The zero-order valence-electron chi connectivity index (χ0n) is 27.8. The molecule has 1 atom stereocenters. The number of allylic oxidation sites excluding steroid dienone is 4. The maximum absolute atomic E-state index is 12.2. The average Bonchev–Trinajstić information content (AvgIpc) is 3.42. The van der Waals surface area contributed by atoms with Crippen LogP contribution in [0.2, 0.25) is 0 Å². The monoisotopic (exact) mass is 694 g/mol. The molecule has 0 aromatic heterocycles. The fraction of sp³-hybridized carbons (Fsp3) is 0.410. The normalized spacial score (nSPS) is 15.2. The molecule has 0 radical (unpaired) electrons. The number of benzene rings is 3. The van der Waals surface area contributed by atoms with Gasteiger partial charge in [0.15, 0.2) is 0 Å². The molecule has 4 heteroatoms. The van der Waals surface area contributed by atoms with Crippen molar-refractivity contribution in [3.8, 4) is 11.1 Å².